The van der Waals surface area contributed by atoms with Crippen LogP contribution < -0.4 is 4.90 Å². The molecule has 0 N–H and O–H groups in total. The van der Waals surface area contributed by atoms with Gasteiger partial charge in [0, 0.05) is 12.7 Å². The minimum absolute atomic E-state index is 0.0714. The van der Waals surface area contributed by atoms with Crippen LogP contribution in [-0.2, 0) is 16.0 Å². The molecule has 0 saturated carbocycles. The Morgan fingerprint density at radius 2 is 1.90 bits per heavy atom. The molecule has 5 rings (SSSR count). The van der Waals surface area contributed by atoms with Crippen LogP contribution >= 0.6 is 0 Å². The maximum Gasteiger partial charge on any atom is 0.416 e. The fourth-order valence-electron chi connectivity index (χ4n) is 4.04. The molecular weight excluding hydrogens is 370 g/mol. The van der Waals surface area contributed by atoms with Gasteiger partial charge in [0.25, 0.3) is 0 Å². The molecule has 4 heterocycles. The summed E-state index contributed by atoms with van der Waals surface area (Å²) in [6.07, 6.45) is 3.36. The van der Waals surface area contributed by atoms with Crippen LogP contribution in [0.2, 0.25) is 0 Å². The first kappa shape index (κ1) is 19.4. The third-order valence-corrected chi connectivity index (χ3v) is 5.71. The van der Waals surface area contributed by atoms with Crippen LogP contribution in [0.4, 0.5) is 10.6 Å². The van der Waals surface area contributed by atoms with Gasteiger partial charge in [-0.3, -0.25) is 9.80 Å². The monoisotopic (exact) mass is 395 g/mol. The smallest absolute Gasteiger partial charge is 0.416 e. The fraction of sp³-hybridized carbons (Fsp3) is 0.409. The predicted molar refractivity (Wildman–Crippen MR) is 108 cm³/mol. The van der Waals surface area contributed by atoms with E-state index in [-0.39, 0.29) is 18.2 Å². The summed E-state index contributed by atoms with van der Waals surface area (Å²) >= 11 is 0. The van der Waals surface area contributed by atoms with Crippen molar-refractivity contribution in [2.75, 3.05) is 31.6 Å². The molecule has 2 aromatic rings. The highest BCUT2D eigenvalue weighted by Gasteiger charge is 2.37. The second-order valence-electron chi connectivity index (χ2n) is 7.52. The van der Waals surface area contributed by atoms with Crippen molar-refractivity contribution >= 4 is 17.9 Å². The summed E-state index contributed by atoms with van der Waals surface area (Å²) in [6, 6.07) is 12.4. The third kappa shape index (κ3) is 4.40. The number of aromatic nitrogens is 1. The lowest BCUT2D eigenvalue weighted by Gasteiger charge is -2.44. The van der Waals surface area contributed by atoms with Crippen LogP contribution in [0, 0.1) is 5.92 Å². The van der Waals surface area contributed by atoms with Gasteiger partial charge in [-0.15, -0.1) is 0 Å². The van der Waals surface area contributed by atoms with E-state index < -0.39 is 0 Å². The number of methoxy groups -OCH3 is 1. The average molecular weight is 395 g/mol. The summed E-state index contributed by atoms with van der Waals surface area (Å²) in [6.45, 7) is 3.29. The summed E-state index contributed by atoms with van der Waals surface area (Å²) in [5, 5.41) is 0. The Kier molecular flexibility index (Phi) is 5.76. The summed E-state index contributed by atoms with van der Waals surface area (Å²) in [4.78, 5) is 33.0. The standard InChI is InChI=1S/C22H25N3O4/c1-28-21(26)18-7-5-16(6-8-18)14-25(20-4-2-3-11-23-20)22(27)29-19-15-24-12-9-17(19)10-13-24/h2-8,11,17,19H,9-10,12-15H2,1H3/t19-/m0/s1. The lowest BCUT2D eigenvalue weighted by atomic mass is 9.86. The van der Waals surface area contributed by atoms with E-state index in [0.717, 1.165) is 38.0 Å². The third-order valence-electron chi connectivity index (χ3n) is 5.71. The SMILES string of the molecule is COC(=O)c1ccc(CN(C(=O)O[C@H]2CN3CCC2CC3)c2ccccn2)cc1. The highest BCUT2D eigenvalue weighted by atomic mass is 16.6. The molecule has 1 aromatic heterocycles. The molecule has 0 radical (unpaired) electrons. The Labute approximate surface area is 170 Å². The normalized spacial score (nSPS) is 22.7. The lowest BCUT2D eigenvalue weighted by Crippen LogP contribution is -2.53. The number of benzene rings is 1. The van der Waals surface area contributed by atoms with Gasteiger partial charge in [0.15, 0.2) is 0 Å². The number of fused-ring (bicyclic) bond motifs is 3. The van der Waals surface area contributed by atoms with E-state index in [1.165, 1.54) is 7.11 Å². The zero-order valence-corrected chi connectivity index (χ0v) is 16.5. The number of rotatable bonds is 5. The maximum absolute atomic E-state index is 13.1. The second kappa shape index (κ2) is 8.61. The van der Waals surface area contributed by atoms with Crippen molar-refractivity contribution < 1.29 is 19.1 Å². The molecule has 3 saturated heterocycles. The molecule has 1 atom stereocenters. The molecule has 1 aromatic carbocycles. The summed E-state index contributed by atoms with van der Waals surface area (Å²) in [5.74, 6) is 0.588. The molecular formula is C22H25N3O4. The summed E-state index contributed by atoms with van der Waals surface area (Å²) in [5.41, 5.74) is 1.34. The van der Waals surface area contributed by atoms with Crippen LogP contribution in [0.25, 0.3) is 0 Å². The lowest BCUT2D eigenvalue weighted by molar-refractivity contribution is -0.0311. The van der Waals surface area contributed by atoms with Crippen molar-refractivity contribution in [3.05, 3.63) is 59.8 Å². The molecule has 1 amide bonds. The molecule has 2 bridgehead atoms. The molecule has 152 valence electrons. The Bertz CT molecular complexity index is 848. The quantitative estimate of drug-likeness (QED) is 0.725. The molecule has 7 heteroatoms. The van der Waals surface area contributed by atoms with E-state index in [4.69, 9.17) is 9.47 Å². The Hall–Kier alpha value is -2.93. The van der Waals surface area contributed by atoms with E-state index in [0.29, 0.717) is 23.8 Å². The molecule has 3 aliphatic rings. The van der Waals surface area contributed by atoms with Gasteiger partial charge in [-0.1, -0.05) is 18.2 Å². The van der Waals surface area contributed by atoms with E-state index in [1.54, 1.807) is 29.3 Å². The molecule has 7 nitrogen and oxygen atoms in total. The van der Waals surface area contributed by atoms with Gasteiger partial charge in [-0.05, 0) is 61.7 Å². The van der Waals surface area contributed by atoms with E-state index in [1.807, 2.05) is 24.3 Å². The molecule has 3 fully saturated rings. The highest BCUT2D eigenvalue weighted by Crippen LogP contribution is 2.30. The zero-order valence-electron chi connectivity index (χ0n) is 16.5. The van der Waals surface area contributed by atoms with Gasteiger partial charge >= 0.3 is 12.1 Å². The number of esters is 1. The summed E-state index contributed by atoms with van der Waals surface area (Å²) in [7, 11) is 1.35. The molecule has 0 spiro atoms. The highest BCUT2D eigenvalue weighted by molar-refractivity contribution is 5.89. The number of nitrogens with zero attached hydrogens (tertiary/aromatic N) is 3. The number of amides is 1. The van der Waals surface area contributed by atoms with Crippen molar-refractivity contribution in [2.45, 2.75) is 25.5 Å². The number of ether oxygens (including phenoxy) is 2. The van der Waals surface area contributed by atoms with Gasteiger partial charge in [0.05, 0.1) is 19.2 Å². The van der Waals surface area contributed by atoms with Gasteiger partial charge in [0.2, 0.25) is 0 Å². The van der Waals surface area contributed by atoms with Crippen molar-refractivity contribution in [1.82, 2.24) is 9.88 Å². The van der Waals surface area contributed by atoms with E-state index in [2.05, 4.69) is 9.88 Å². The molecule has 29 heavy (non-hydrogen) atoms. The van der Waals surface area contributed by atoms with Crippen molar-refractivity contribution in [2.24, 2.45) is 5.92 Å². The fourth-order valence-corrected chi connectivity index (χ4v) is 4.04. The first-order valence-electron chi connectivity index (χ1n) is 9.93. The minimum Gasteiger partial charge on any atom is -0.465 e. The number of pyridine rings is 1. The van der Waals surface area contributed by atoms with Crippen LogP contribution in [0.3, 0.4) is 0 Å². The minimum atomic E-state index is -0.389. The number of piperidine rings is 3. The Balaban J connectivity index is 1.51. The molecule has 0 unspecified atom stereocenters. The predicted octanol–water partition coefficient (Wildman–Crippen LogP) is 3.11. The molecule has 3 aliphatic heterocycles. The number of hydrogen-bond acceptors (Lipinski definition) is 6. The van der Waals surface area contributed by atoms with Gasteiger partial charge < -0.3 is 9.47 Å². The van der Waals surface area contributed by atoms with Gasteiger partial charge in [-0.2, -0.15) is 0 Å². The van der Waals surface area contributed by atoms with Crippen LogP contribution in [-0.4, -0.2) is 54.8 Å². The van der Waals surface area contributed by atoms with Crippen molar-refractivity contribution in [1.29, 1.82) is 0 Å². The largest absolute Gasteiger partial charge is 0.465 e. The van der Waals surface area contributed by atoms with E-state index in [9.17, 15) is 9.59 Å². The summed E-state index contributed by atoms with van der Waals surface area (Å²) < 4.78 is 10.7. The van der Waals surface area contributed by atoms with Gasteiger partial charge in [0.1, 0.15) is 11.9 Å². The number of carbonyl (C=O) groups is 2. The van der Waals surface area contributed by atoms with E-state index >= 15 is 0 Å². The topological polar surface area (TPSA) is 72.0 Å². The average Bonchev–Trinajstić information content (AvgIpc) is 2.78. The maximum atomic E-state index is 13.1. The molecule has 0 aliphatic carbocycles. The van der Waals surface area contributed by atoms with Crippen LogP contribution in [0.5, 0.6) is 0 Å². The van der Waals surface area contributed by atoms with Crippen LogP contribution in [0.1, 0.15) is 28.8 Å². The first-order chi connectivity index (χ1) is 14.1. The number of anilines is 1. The Morgan fingerprint density at radius 3 is 2.48 bits per heavy atom. The zero-order chi connectivity index (χ0) is 20.2. The van der Waals surface area contributed by atoms with Crippen molar-refractivity contribution in [3.63, 3.8) is 0 Å². The number of carbonyl (C=O) groups excluding carboxylic acids is 2. The van der Waals surface area contributed by atoms with Crippen molar-refractivity contribution in [3.8, 4) is 0 Å². The Morgan fingerprint density at radius 1 is 1.14 bits per heavy atom. The number of hydrogen-bond donors (Lipinski definition) is 0. The first-order valence-corrected chi connectivity index (χ1v) is 9.93. The van der Waals surface area contributed by atoms with Gasteiger partial charge in [-0.25, -0.2) is 14.6 Å². The van der Waals surface area contributed by atoms with Crippen LogP contribution in [0.15, 0.2) is 48.7 Å². The second-order valence-corrected chi connectivity index (χ2v) is 7.52.